The fraction of sp³-hybridized carbons (Fsp3) is 0.643. The van der Waals surface area contributed by atoms with Crippen molar-refractivity contribution in [3.8, 4) is 0 Å². The van der Waals surface area contributed by atoms with E-state index in [4.69, 9.17) is 15.7 Å². The van der Waals surface area contributed by atoms with Gasteiger partial charge in [0.05, 0.1) is 5.69 Å². The highest BCUT2D eigenvalue weighted by molar-refractivity contribution is 5.55. The van der Waals surface area contributed by atoms with Gasteiger partial charge in [0.25, 0.3) is 0 Å². The zero-order valence-corrected chi connectivity index (χ0v) is 20.7. The minimum absolute atomic E-state index is 0.207. The van der Waals surface area contributed by atoms with Crippen molar-refractivity contribution in [2.45, 2.75) is 97.3 Å². The van der Waals surface area contributed by atoms with Crippen LogP contribution in [-0.2, 0) is 31.1 Å². The Balaban J connectivity index is 0.00000119. The normalized spacial score (nSPS) is 24.8. The van der Waals surface area contributed by atoms with Gasteiger partial charge in [-0.25, -0.2) is 9.97 Å². The largest absolute Gasteiger partial charge is 0.399 e. The van der Waals surface area contributed by atoms with Crippen LogP contribution in [0, 0.1) is 5.92 Å². The Labute approximate surface area is 195 Å². The number of aryl methyl sites for hydroxylation is 2. The Morgan fingerprint density at radius 2 is 1.94 bits per heavy atom. The molecular formula is C28H42N4. The van der Waals surface area contributed by atoms with Gasteiger partial charge in [-0.05, 0) is 80.5 Å². The molecule has 2 atom stereocenters. The molecule has 1 aromatic heterocycles. The summed E-state index contributed by atoms with van der Waals surface area (Å²) < 4.78 is 0. The summed E-state index contributed by atoms with van der Waals surface area (Å²) in [6.45, 7) is 10.9. The van der Waals surface area contributed by atoms with E-state index in [2.05, 4.69) is 36.9 Å². The van der Waals surface area contributed by atoms with Crippen LogP contribution < -0.4 is 10.6 Å². The van der Waals surface area contributed by atoms with Crippen molar-refractivity contribution < 1.29 is 0 Å². The highest BCUT2D eigenvalue weighted by atomic mass is 15.2. The van der Waals surface area contributed by atoms with Gasteiger partial charge in [-0.2, -0.15) is 0 Å². The number of nitrogens with two attached hydrogens (primary N) is 1. The van der Waals surface area contributed by atoms with Gasteiger partial charge in [0.15, 0.2) is 0 Å². The third-order valence-corrected chi connectivity index (χ3v) is 7.81. The van der Waals surface area contributed by atoms with Gasteiger partial charge in [0.1, 0.15) is 11.6 Å². The lowest BCUT2D eigenvalue weighted by Gasteiger charge is -2.43. The maximum Gasteiger partial charge on any atom is 0.135 e. The maximum atomic E-state index is 6.23. The van der Waals surface area contributed by atoms with E-state index >= 15 is 0 Å². The van der Waals surface area contributed by atoms with Crippen LogP contribution in [0.1, 0.15) is 94.4 Å². The monoisotopic (exact) mass is 434 g/mol. The molecule has 2 unspecified atom stereocenters. The lowest BCUT2D eigenvalue weighted by molar-refractivity contribution is 0.312. The summed E-state index contributed by atoms with van der Waals surface area (Å²) in [6.07, 6.45) is 11.9. The second-order valence-electron chi connectivity index (χ2n) is 10.0. The van der Waals surface area contributed by atoms with Crippen LogP contribution in [0.15, 0.2) is 18.2 Å². The molecule has 1 saturated heterocycles. The first kappa shape index (κ1) is 23.1. The second kappa shape index (κ2) is 9.80. The Morgan fingerprint density at radius 3 is 2.75 bits per heavy atom. The smallest absolute Gasteiger partial charge is 0.135 e. The van der Waals surface area contributed by atoms with Crippen molar-refractivity contribution in [3.05, 3.63) is 46.4 Å². The fourth-order valence-corrected chi connectivity index (χ4v) is 6.21. The summed E-state index contributed by atoms with van der Waals surface area (Å²) in [5, 5.41) is 0. The molecule has 5 rings (SSSR count). The molecule has 1 aromatic carbocycles. The average molecular weight is 435 g/mol. The summed E-state index contributed by atoms with van der Waals surface area (Å²) in [4.78, 5) is 12.8. The number of hydrogen-bond acceptors (Lipinski definition) is 4. The van der Waals surface area contributed by atoms with Crippen LogP contribution in [0.25, 0.3) is 0 Å². The summed E-state index contributed by atoms with van der Waals surface area (Å²) in [5.74, 6) is 3.01. The minimum Gasteiger partial charge on any atom is -0.399 e. The van der Waals surface area contributed by atoms with Gasteiger partial charge in [0.2, 0.25) is 0 Å². The topological polar surface area (TPSA) is 55.0 Å². The highest BCUT2D eigenvalue weighted by Gasteiger charge is 2.41. The van der Waals surface area contributed by atoms with Crippen molar-refractivity contribution in [2.75, 3.05) is 23.7 Å². The van der Waals surface area contributed by atoms with Gasteiger partial charge in [-0.15, -0.1) is 0 Å². The van der Waals surface area contributed by atoms with E-state index in [0.29, 0.717) is 0 Å². The molecule has 0 radical (unpaired) electrons. The molecular weight excluding hydrogens is 392 g/mol. The van der Waals surface area contributed by atoms with Crippen LogP contribution >= 0.6 is 0 Å². The molecule has 2 aliphatic carbocycles. The van der Waals surface area contributed by atoms with Gasteiger partial charge >= 0.3 is 0 Å². The highest BCUT2D eigenvalue weighted by Crippen LogP contribution is 2.48. The first-order valence-electron chi connectivity index (χ1n) is 13.1. The van der Waals surface area contributed by atoms with E-state index < -0.39 is 0 Å². The van der Waals surface area contributed by atoms with Crippen molar-refractivity contribution in [1.82, 2.24) is 9.97 Å². The van der Waals surface area contributed by atoms with E-state index in [1.165, 1.54) is 73.1 Å². The molecule has 0 amide bonds. The molecule has 2 aromatic rings. The van der Waals surface area contributed by atoms with Crippen LogP contribution in [0.2, 0.25) is 0 Å². The SMILES string of the molecule is CC.CCc1nc2c(c(N3CCCCC(C)C3)n1)CCC1(CCCc3ccc(N)cc31)C2. The third kappa shape index (κ3) is 4.38. The molecule has 0 bridgehead atoms. The summed E-state index contributed by atoms with van der Waals surface area (Å²) >= 11 is 0. The van der Waals surface area contributed by atoms with Crippen LogP contribution in [0.5, 0.6) is 0 Å². The van der Waals surface area contributed by atoms with Crippen molar-refractivity contribution in [2.24, 2.45) is 5.92 Å². The van der Waals surface area contributed by atoms with Gasteiger partial charge in [-0.3, -0.25) is 0 Å². The van der Waals surface area contributed by atoms with E-state index in [1.807, 2.05) is 13.8 Å². The standard InChI is InChI=1S/C26H36N4.C2H6/c1-3-24-28-23-16-26(12-6-8-19-9-10-20(27)15-22(19)26)13-11-21(23)25(29-24)30-14-5-4-7-18(2)17-30;1-2/h9-10,15,18H,3-8,11-14,16-17,27H2,1-2H3;1-2H3. The molecule has 4 heteroatoms. The predicted octanol–water partition coefficient (Wildman–Crippen LogP) is 6.04. The van der Waals surface area contributed by atoms with Crippen LogP contribution in [0.4, 0.5) is 11.5 Å². The lowest BCUT2D eigenvalue weighted by atomic mass is 9.62. The first-order chi connectivity index (χ1) is 15.6. The third-order valence-electron chi connectivity index (χ3n) is 7.81. The van der Waals surface area contributed by atoms with Crippen molar-refractivity contribution in [3.63, 3.8) is 0 Å². The van der Waals surface area contributed by atoms with Gasteiger partial charge in [0, 0.05) is 36.2 Å². The van der Waals surface area contributed by atoms with E-state index in [9.17, 15) is 0 Å². The molecule has 2 N–H and O–H groups in total. The fourth-order valence-electron chi connectivity index (χ4n) is 6.21. The minimum atomic E-state index is 0.207. The molecule has 2 heterocycles. The Hall–Kier alpha value is -2.10. The quantitative estimate of drug-likeness (QED) is 0.586. The molecule has 1 fully saturated rings. The Kier molecular flexibility index (Phi) is 7.07. The summed E-state index contributed by atoms with van der Waals surface area (Å²) in [7, 11) is 0. The number of benzene rings is 1. The van der Waals surface area contributed by atoms with E-state index in [1.54, 1.807) is 0 Å². The molecule has 1 spiro atoms. The van der Waals surface area contributed by atoms with Crippen LogP contribution in [0.3, 0.4) is 0 Å². The number of fused-ring (bicyclic) bond motifs is 3. The molecule has 4 nitrogen and oxygen atoms in total. The number of nitrogen functional groups attached to an aromatic ring is 1. The number of anilines is 2. The Morgan fingerprint density at radius 1 is 1.09 bits per heavy atom. The number of aromatic nitrogens is 2. The number of nitrogens with zero attached hydrogens (tertiary/aromatic N) is 3. The summed E-state index contributed by atoms with van der Waals surface area (Å²) in [5.41, 5.74) is 13.1. The van der Waals surface area contributed by atoms with Crippen LogP contribution in [-0.4, -0.2) is 23.1 Å². The number of hydrogen-bond donors (Lipinski definition) is 1. The summed E-state index contributed by atoms with van der Waals surface area (Å²) in [6, 6.07) is 6.60. The lowest BCUT2D eigenvalue weighted by Crippen LogP contribution is -2.39. The van der Waals surface area contributed by atoms with Crippen molar-refractivity contribution >= 4 is 11.5 Å². The second-order valence-corrected chi connectivity index (χ2v) is 10.0. The van der Waals surface area contributed by atoms with Gasteiger partial charge in [-0.1, -0.05) is 40.2 Å². The van der Waals surface area contributed by atoms with Gasteiger partial charge < -0.3 is 10.6 Å². The van der Waals surface area contributed by atoms with E-state index in [-0.39, 0.29) is 5.41 Å². The number of rotatable bonds is 2. The molecule has 32 heavy (non-hydrogen) atoms. The van der Waals surface area contributed by atoms with Crippen molar-refractivity contribution in [1.29, 1.82) is 0 Å². The zero-order valence-electron chi connectivity index (χ0n) is 20.7. The first-order valence-corrected chi connectivity index (χ1v) is 13.1. The Bertz CT molecular complexity index is 937. The zero-order chi connectivity index (χ0) is 22.7. The maximum absolute atomic E-state index is 6.23. The van der Waals surface area contributed by atoms with E-state index in [0.717, 1.165) is 49.8 Å². The average Bonchev–Trinajstić information content (AvgIpc) is 3.04. The molecule has 3 aliphatic rings. The molecule has 1 aliphatic heterocycles. The molecule has 0 saturated carbocycles. The molecule has 174 valence electrons. The predicted molar refractivity (Wildman–Crippen MR) is 135 cm³/mol.